The fourth-order valence-corrected chi connectivity index (χ4v) is 1.88. The maximum atomic E-state index is 12.2. The summed E-state index contributed by atoms with van der Waals surface area (Å²) in [7, 11) is 0. The lowest BCUT2D eigenvalue weighted by Gasteiger charge is -2.23. The summed E-state index contributed by atoms with van der Waals surface area (Å²) < 4.78 is 36.5. The van der Waals surface area contributed by atoms with E-state index in [1.54, 1.807) is 0 Å². The Morgan fingerprint density at radius 2 is 2.06 bits per heavy atom. The first-order valence-electron chi connectivity index (χ1n) is 4.68. The highest BCUT2D eigenvalue weighted by atomic mass is 32.1. The van der Waals surface area contributed by atoms with Crippen molar-refractivity contribution in [3.05, 3.63) is 5.01 Å². The maximum Gasteiger partial charge on any atom is 0.445 e. The first-order chi connectivity index (χ1) is 7.47. The van der Waals surface area contributed by atoms with Crippen molar-refractivity contribution in [2.75, 3.05) is 5.32 Å². The van der Waals surface area contributed by atoms with E-state index >= 15 is 0 Å². The van der Waals surface area contributed by atoms with Gasteiger partial charge in [0.05, 0.1) is 0 Å². The molecular formula is C8H8F3N3OS. The molecular weight excluding hydrogens is 243 g/mol. The number of amides is 1. The number of hydrogen-bond acceptors (Lipinski definition) is 4. The van der Waals surface area contributed by atoms with Crippen LogP contribution in [0.2, 0.25) is 0 Å². The van der Waals surface area contributed by atoms with Gasteiger partial charge in [0.25, 0.3) is 0 Å². The minimum absolute atomic E-state index is 0.0850. The zero-order chi connectivity index (χ0) is 11.8. The molecule has 1 aromatic rings. The van der Waals surface area contributed by atoms with Crippen LogP contribution in [0.25, 0.3) is 0 Å². The zero-order valence-electron chi connectivity index (χ0n) is 8.04. The fraction of sp³-hybridized carbons (Fsp3) is 0.625. The van der Waals surface area contributed by atoms with Crippen molar-refractivity contribution < 1.29 is 18.0 Å². The predicted octanol–water partition coefficient (Wildman–Crippen LogP) is 2.30. The second-order valence-corrected chi connectivity index (χ2v) is 4.50. The van der Waals surface area contributed by atoms with Crippen LogP contribution >= 0.6 is 11.3 Å². The Balaban J connectivity index is 1.99. The Labute approximate surface area is 92.9 Å². The van der Waals surface area contributed by atoms with Crippen molar-refractivity contribution >= 4 is 22.4 Å². The molecule has 0 spiro atoms. The monoisotopic (exact) mass is 251 g/mol. The number of carbonyl (C=O) groups is 1. The van der Waals surface area contributed by atoms with Crippen LogP contribution in [-0.2, 0) is 11.0 Å². The maximum absolute atomic E-state index is 12.2. The minimum atomic E-state index is -4.50. The topological polar surface area (TPSA) is 54.9 Å². The first-order valence-corrected chi connectivity index (χ1v) is 5.50. The smallest absolute Gasteiger partial charge is 0.300 e. The van der Waals surface area contributed by atoms with Crippen molar-refractivity contribution in [1.82, 2.24) is 10.2 Å². The lowest BCUT2D eigenvalue weighted by molar-refractivity contribution is -0.138. The van der Waals surface area contributed by atoms with E-state index < -0.39 is 11.2 Å². The molecule has 0 unspecified atom stereocenters. The zero-order valence-corrected chi connectivity index (χ0v) is 8.86. The average Bonchev–Trinajstić information content (AvgIpc) is 2.47. The Hall–Kier alpha value is -1.18. The number of rotatable bonds is 2. The highest BCUT2D eigenvalue weighted by Gasteiger charge is 2.36. The molecule has 0 radical (unpaired) electrons. The lowest BCUT2D eigenvalue weighted by atomic mass is 9.85. The molecule has 4 nitrogen and oxygen atoms in total. The number of anilines is 1. The summed E-state index contributed by atoms with van der Waals surface area (Å²) in [6.45, 7) is 0. The number of aromatic nitrogens is 2. The summed E-state index contributed by atoms with van der Waals surface area (Å²) >= 11 is 0.341. The van der Waals surface area contributed by atoms with Crippen LogP contribution in [0, 0.1) is 5.92 Å². The van der Waals surface area contributed by atoms with E-state index in [2.05, 4.69) is 15.5 Å². The number of nitrogens with one attached hydrogen (secondary N) is 1. The number of hydrogen-bond donors (Lipinski definition) is 1. The Kier molecular flexibility index (Phi) is 2.83. The molecule has 1 heterocycles. The molecule has 1 aliphatic carbocycles. The van der Waals surface area contributed by atoms with Gasteiger partial charge in [-0.3, -0.25) is 4.79 Å². The predicted molar refractivity (Wildman–Crippen MR) is 50.9 cm³/mol. The Morgan fingerprint density at radius 3 is 2.50 bits per heavy atom. The van der Waals surface area contributed by atoms with Gasteiger partial charge >= 0.3 is 6.18 Å². The van der Waals surface area contributed by atoms with Gasteiger partial charge in [0, 0.05) is 5.92 Å². The summed E-state index contributed by atoms with van der Waals surface area (Å²) in [4.78, 5) is 11.4. The summed E-state index contributed by atoms with van der Waals surface area (Å²) in [6, 6.07) is 0. The van der Waals surface area contributed by atoms with Gasteiger partial charge in [-0.1, -0.05) is 17.8 Å². The van der Waals surface area contributed by atoms with Crippen LogP contribution < -0.4 is 5.32 Å². The standard InChI is InChI=1S/C8H8F3N3OS/c9-8(10,11)6-13-14-7(16-6)12-5(15)4-2-1-3-4/h4H,1-3H2,(H,12,14,15). The van der Waals surface area contributed by atoms with Crippen LogP contribution in [0.5, 0.6) is 0 Å². The van der Waals surface area contributed by atoms with Crippen molar-refractivity contribution in [3.63, 3.8) is 0 Å². The second kappa shape index (κ2) is 4.00. The van der Waals surface area contributed by atoms with E-state index in [9.17, 15) is 18.0 Å². The molecule has 1 saturated carbocycles. The molecule has 88 valence electrons. The van der Waals surface area contributed by atoms with Gasteiger partial charge in [-0.05, 0) is 12.8 Å². The van der Waals surface area contributed by atoms with Gasteiger partial charge in [-0.15, -0.1) is 10.2 Å². The van der Waals surface area contributed by atoms with Gasteiger partial charge in [-0.2, -0.15) is 13.2 Å². The highest BCUT2D eigenvalue weighted by molar-refractivity contribution is 7.15. The van der Waals surface area contributed by atoms with E-state index in [0.717, 1.165) is 19.3 Å². The van der Waals surface area contributed by atoms with Gasteiger partial charge in [-0.25, -0.2) is 0 Å². The van der Waals surface area contributed by atoms with Crippen LogP contribution in [0.15, 0.2) is 0 Å². The van der Waals surface area contributed by atoms with Gasteiger partial charge in [0.2, 0.25) is 16.0 Å². The molecule has 0 atom stereocenters. The minimum Gasteiger partial charge on any atom is -0.300 e. The van der Waals surface area contributed by atoms with E-state index in [4.69, 9.17) is 0 Å². The molecule has 16 heavy (non-hydrogen) atoms. The summed E-state index contributed by atoms with van der Waals surface area (Å²) in [5.74, 6) is -0.352. The average molecular weight is 251 g/mol. The molecule has 0 aliphatic heterocycles. The Morgan fingerprint density at radius 1 is 1.38 bits per heavy atom. The lowest BCUT2D eigenvalue weighted by Crippen LogP contribution is -2.27. The molecule has 0 saturated heterocycles. The van der Waals surface area contributed by atoms with Crippen LogP contribution in [0.1, 0.15) is 24.3 Å². The first kappa shape index (κ1) is 11.3. The van der Waals surface area contributed by atoms with Crippen molar-refractivity contribution in [2.24, 2.45) is 5.92 Å². The fourth-order valence-electron chi connectivity index (χ4n) is 1.27. The molecule has 0 aromatic carbocycles. The largest absolute Gasteiger partial charge is 0.445 e. The van der Waals surface area contributed by atoms with E-state index in [0.29, 0.717) is 11.3 Å². The molecule has 2 rings (SSSR count). The van der Waals surface area contributed by atoms with E-state index in [1.165, 1.54) is 0 Å². The normalized spacial score (nSPS) is 16.9. The SMILES string of the molecule is O=C(Nc1nnc(C(F)(F)F)s1)C1CCC1. The number of alkyl halides is 3. The third kappa shape index (κ3) is 2.31. The Bertz CT molecular complexity index is 399. The number of nitrogens with zero attached hydrogens (tertiary/aromatic N) is 2. The van der Waals surface area contributed by atoms with Crippen molar-refractivity contribution in [1.29, 1.82) is 0 Å². The molecule has 1 N–H and O–H groups in total. The van der Waals surface area contributed by atoms with Gasteiger partial charge in [0.1, 0.15) is 0 Å². The third-order valence-electron chi connectivity index (χ3n) is 2.37. The number of carbonyl (C=O) groups excluding carboxylic acids is 1. The van der Waals surface area contributed by atoms with E-state index in [1.807, 2.05) is 0 Å². The molecule has 1 fully saturated rings. The third-order valence-corrected chi connectivity index (χ3v) is 3.26. The summed E-state index contributed by atoms with van der Waals surface area (Å²) in [6.07, 6.45) is -1.94. The van der Waals surface area contributed by atoms with Gasteiger partial charge < -0.3 is 5.32 Å². The molecule has 1 aliphatic rings. The molecule has 0 bridgehead atoms. The van der Waals surface area contributed by atoms with Crippen LogP contribution in [0.3, 0.4) is 0 Å². The highest BCUT2D eigenvalue weighted by Crippen LogP contribution is 2.34. The van der Waals surface area contributed by atoms with Crippen molar-refractivity contribution in [2.45, 2.75) is 25.4 Å². The second-order valence-electron chi connectivity index (χ2n) is 3.53. The number of halogens is 3. The van der Waals surface area contributed by atoms with Crippen LogP contribution in [0.4, 0.5) is 18.3 Å². The van der Waals surface area contributed by atoms with Crippen LogP contribution in [-0.4, -0.2) is 16.1 Å². The molecule has 1 aromatic heterocycles. The summed E-state index contributed by atoms with van der Waals surface area (Å²) in [5, 5.41) is 7.46. The molecule has 1 amide bonds. The van der Waals surface area contributed by atoms with Gasteiger partial charge in [0.15, 0.2) is 0 Å². The molecule has 8 heteroatoms. The van der Waals surface area contributed by atoms with Crippen molar-refractivity contribution in [3.8, 4) is 0 Å². The summed E-state index contributed by atoms with van der Waals surface area (Å²) in [5.41, 5.74) is 0. The van der Waals surface area contributed by atoms with E-state index in [-0.39, 0.29) is 17.0 Å². The quantitative estimate of drug-likeness (QED) is 0.877.